The molecule has 1 heterocycles. The standard InChI is InChI=1S/C15H21N2.Li/c1-12(13-8-4-2-5-9-13)17-15(16-17)14-10-6-3-7-11-14;/h2,4-5,8-9,12,14-15H,3,6-7,10-11H2,1H3;/q-1;+1/t12-,15-,17?;/m1./s1. The van der Waals surface area contributed by atoms with Gasteiger partial charge in [-0.05, 0) is 18.4 Å². The molecule has 2 fully saturated rings. The van der Waals surface area contributed by atoms with E-state index in [9.17, 15) is 0 Å². The van der Waals surface area contributed by atoms with Gasteiger partial charge in [0.05, 0.1) is 0 Å². The van der Waals surface area contributed by atoms with Crippen LogP contribution in [0.1, 0.15) is 50.6 Å². The Kier molecular flexibility index (Phi) is 4.92. The molecule has 1 aromatic carbocycles. The van der Waals surface area contributed by atoms with Crippen molar-refractivity contribution in [1.82, 2.24) is 5.01 Å². The Morgan fingerprint density at radius 2 is 1.78 bits per heavy atom. The van der Waals surface area contributed by atoms with Gasteiger partial charge >= 0.3 is 18.9 Å². The average molecular weight is 236 g/mol. The van der Waals surface area contributed by atoms with Crippen molar-refractivity contribution < 1.29 is 18.9 Å². The molecule has 0 amide bonds. The molecule has 1 unspecified atom stereocenters. The van der Waals surface area contributed by atoms with E-state index in [1.54, 1.807) is 0 Å². The molecule has 1 aliphatic carbocycles. The van der Waals surface area contributed by atoms with E-state index in [0.29, 0.717) is 12.2 Å². The molecule has 2 aliphatic rings. The Morgan fingerprint density at radius 1 is 1.11 bits per heavy atom. The van der Waals surface area contributed by atoms with Gasteiger partial charge in [-0.3, -0.25) is 0 Å². The molecule has 3 heteroatoms. The second kappa shape index (κ2) is 6.26. The number of hydrogen-bond donors (Lipinski definition) is 0. The molecule has 1 saturated carbocycles. The summed E-state index contributed by atoms with van der Waals surface area (Å²) in [7, 11) is 0. The Hall–Kier alpha value is -0.263. The Labute approximate surface area is 122 Å². The van der Waals surface area contributed by atoms with E-state index in [-0.39, 0.29) is 18.9 Å². The molecule has 3 atom stereocenters. The zero-order valence-corrected chi connectivity index (χ0v) is 11.5. The summed E-state index contributed by atoms with van der Waals surface area (Å²) < 4.78 is 0. The van der Waals surface area contributed by atoms with Crippen LogP contribution in [-0.2, 0) is 0 Å². The van der Waals surface area contributed by atoms with Gasteiger partial charge in [-0.25, -0.2) is 0 Å². The molecule has 0 spiro atoms. The van der Waals surface area contributed by atoms with Gasteiger partial charge < -0.3 is 10.4 Å². The van der Waals surface area contributed by atoms with E-state index < -0.39 is 0 Å². The maximum absolute atomic E-state index is 4.69. The summed E-state index contributed by atoms with van der Waals surface area (Å²) in [5, 5.41) is 2.31. The van der Waals surface area contributed by atoms with Gasteiger partial charge in [0.25, 0.3) is 0 Å². The molecule has 1 aromatic rings. The summed E-state index contributed by atoms with van der Waals surface area (Å²) in [6.45, 7) is 2.27. The van der Waals surface area contributed by atoms with Crippen LogP contribution in [-0.4, -0.2) is 11.2 Å². The summed E-state index contributed by atoms with van der Waals surface area (Å²) in [5.74, 6) is 0.829. The smallest absolute Gasteiger partial charge is 0.581 e. The fourth-order valence-electron chi connectivity index (χ4n) is 3.06. The third-order valence-corrected chi connectivity index (χ3v) is 4.22. The fourth-order valence-corrected chi connectivity index (χ4v) is 3.06. The second-order valence-electron chi connectivity index (χ2n) is 5.39. The fraction of sp³-hybridized carbons (Fsp3) is 0.600. The summed E-state index contributed by atoms with van der Waals surface area (Å²) in [6, 6.07) is 11.2. The van der Waals surface area contributed by atoms with Gasteiger partial charge in [0.15, 0.2) is 0 Å². The molecule has 92 valence electrons. The summed E-state index contributed by atoms with van der Waals surface area (Å²) in [6.07, 6.45) is 7.52. The molecule has 2 nitrogen and oxygen atoms in total. The minimum Gasteiger partial charge on any atom is -0.581 e. The molecule has 0 radical (unpaired) electrons. The van der Waals surface area contributed by atoms with Gasteiger partial charge in [0.1, 0.15) is 0 Å². The van der Waals surface area contributed by atoms with Gasteiger partial charge in [-0.2, -0.15) is 0 Å². The molecule has 3 rings (SSSR count). The van der Waals surface area contributed by atoms with Crippen LogP contribution in [0.5, 0.6) is 0 Å². The second-order valence-corrected chi connectivity index (χ2v) is 5.39. The van der Waals surface area contributed by atoms with Crippen LogP contribution in [0, 0.1) is 5.92 Å². The van der Waals surface area contributed by atoms with Gasteiger partial charge in [0, 0.05) is 6.04 Å². The minimum absolute atomic E-state index is 0. The van der Waals surface area contributed by atoms with Crippen molar-refractivity contribution in [2.24, 2.45) is 5.92 Å². The van der Waals surface area contributed by atoms with Crippen LogP contribution < -0.4 is 18.9 Å². The monoisotopic (exact) mass is 236 g/mol. The van der Waals surface area contributed by atoms with Crippen LogP contribution in [0.25, 0.3) is 5.43 Å². The van der Waals surface area contributed by atoms with Crippen molar-refractivity contribution in [3.05, 3.63) is 41.3 Å². The SMILES string of the molecule is C[C@H](c1ccccc1)N1[N-][C@H]1C1CCCCC1.[Li+]. The molecule has 1 saturated heterocycles. The van der Waals surface area contributed by atoms with Crippen molar-refractivity contribution in [2.45, 2.75) is 51.2 Å². The molecule has 0 N–H and O–H groups in total. The van der Waals surface area contributed by atoms with E-state index in [4.69, 9.17) is 0 Å². The van der Waals surface area contributed by atoms with E-state index >= 15 is 0 Å². The first-order chi connectivity index (χ1) is 8.36. The Bertz CT molecular complexity index is 362. The van der Waals surface area contributed by atoms with Crippen LogP contribution in [0.4, 0.5) is 0 Å². The van der Waals surface area contributed by atoms with Crippen LogP contribution in [0.3, 0.4) is 0 Å². The van der Waals surface area contributed by atoms with Crippen molar-refractivity contribution in [1.29, 1.82) is 0 Å². The number of nitrogens with zero attached hydrogens (tertiary/aromatic N) is 2. The molecule has 0 aromatic heterocycles. The molecule has 1 aliphatic heterocycles. The molecule has 0 bridgehead atoms. The largest absolute Gasteiger partial charge is 1.00 e. The van der Waals surface area contributed by atoms with Gasteiger partial charge in [-0.1, -0.05) is 68.6 Å². The first kappa shape index (κ1) is 14.2. The van der Waals surface area contributed by atoms with Gasteiger partial charge in [-0.15, -0.1) is 0 Å². The van der Waals surface area contributed by atoms with Gasteiger partial charge in [0.2, 0.25) is 0 Å². The van der Waals surface area contributed by atoms with E-state index in [1.807, 2.05) is 0 Å². The Balaban J connectivity index is 0.00000120. The Morgan fingerprint density at radius 3 is 2.44 bits per heavy atom. The summed E-state index contributed by atoms with van der Waals surface area (Å²) in [4.78, 5) is 0. The zero-order valence-electron chi connectivity index (χ0n) is 11.5. The van der Waals surface area contributed by atoms with Crippen molar-refractivity contribution >= 4 is 0 Å². The average Bonchev–Trinajstić information content (AvgIpc) is 3.20. The van der Waals surface area contributed by atoms with Crippen LogP contribution in [0.15, 0.2) is 30.3 Å². The summed E-state index contributed by atoms with van der Waals surface area (Å²) in [5.41, 5.74) is 6.07. The van der Waals surface area contributed by atoms with Crippen LogP contribution >= 0.6 is 0 Å². The first-order valence-electron chi connectivity index (χ1n) is 6.90. The number of hydrogen-bond acceptors (Lipinski definition) is 1. The predicted molar refractivity (Wildman–Crippen MR) is 70.4 cm³/mol. The molecular weight excluding hydrogens is 215 g/mol. The van der Waals surface area contributed by atoms with E-state index in [0.717, 1.165) is 5.92 Å². The van der Waals surface area contributed by atoms with Crippen LogP contribution in [0.2, 0.25) is 0 Å². The summed E-state index contributed by atoms with van der Waals surface area (Å²) >= 11 is 0. The third kappa shape index (κ3) is 3.00. The maximum atomic E-state index is 4.69. The molecule has 18 heavy (non-hydrogen) atoms. The third-order valence-electron chi connectivity index (χ3n) is 4.22. The quantitative estimate of drug-likeness (QED) is 0.570. The normalized spacial score (nSPS) is 29.4. The molecular formula is C15H21LiN2. The van der Waals surface area contributed by atoms with Crippen molar-refractivity contribution in [3.8, 4) is 0 Å². The minimum atomic E-state index is 0. The predicted octanol–water partition coefficient (Wildman–Crippen LogP) is 1.26. The van der Waals surface area contributed by atoms with Crippen molar-refractivity contribution in [3.63, 3.8) is 0 Å². The van der Waals surface area contributed by atoms with E-state index in [1.165, 1.54) is 37.7 Å². The van der Waals surface area contributed by atoms with E-state index in [2.05, 4.69) is 47.7 Å². The maximum Gasteiger partial charge on any atom is 1.00 e. The first-order valence-corrected chi connectivity index (χ1v) is 6.90. The van der Waals surface area contributed by atoms with Crippen molar-refractivity contribution in [2.75, 3.05) is 0 Å². The zero-order chi connectivity index (χ0) is 11.7. The number of rotatable bonds is 3. The number of benzene rings is 1. The topological polar surface area (TPSA) is 17.1 Å².